The van der Waals surface area contributed by atoms with Crippen LogP contribution in [0.3, 0.4) is 0 Å². The zero-order chi connectivity index (χ0) is 19.9. The molecule has 0 aliphatic heterocycles. The van der Waals surface area contributed by atoms with E-state index in [0.717, 1.165) is 24.3 Å². The average Bonchev–Trinajstić information content (AvgIpc) is 2.65. The minimum Gasteiger partial charge on any atom is -0.492 e. The predicted octanol–water partition coefficient (Wildman–Crippen LogP) is 2.06. The van der Waals surface area contributed by atoms with Crippen molar-refractivity contribution >= 4 is 29.5 Å². The number of unbranched alkanes of at least 4 members (excludes halogenated alkanes) is 1. The molecule has 0 radical (unpaired) electrons. The molecule has 0 spiro atoms. The Labute approximate surface area is 164 Å². The lowest BCUT2D eigenvalue weighted by Crippen LogP contribution is -2.37. The van der Waals surface area contributed by atoms with Crippen molar-refractivity contribution in [2.45, 2.75) is 37.9 Å². The summed E-state index contributed by atoms with van der Waals surface area (Å²) in [6.45, 7) is 2.94. The van der Waals surface area contributed by atoms with Crippen LogP contribution in [-0.4, -0.2) is 53.6 Å². The van der Waals surface area contributed by atoms with Gasteiger partial charge in [0.25, 0.3) is 0 Å². The molecule has 7 nitrogen and oxygen atoms in total. The molecule has 0 saturated heterocycles. The van der Waals surface area contributed by atoms with E-state index in [0.29, 0.717) is 13.2 Å². The van der Waals surface area contributed by atoms with Crippen molar-refractivity contribution in [2.75, 3.05) is 25.4 Å². The van der Waals surface area contributed by atoms with Crippen molar-refractivity contribution in [3.05, 3.63) is 30.3 Å². The number of carboxylic acid groups (broad SMARTS) is 1. The number of para-hydroxylation sites is 1. The quantitative estimate of drug-likeness (QED) is 0.416. The van der Waals surface area contributed by atoms with Crippen LogP contribution < -0.4 is 15.4 Å². The van der Waals surface area contributed by atoms with Crippen molar-refractivity contribution in [2.24, 2.45) is 0 Å². The number of thioether (sulfide) groups is 1. The first-order valence-corrected chi connectivity index (χ1v) is 10.1. The van der Waals surface area contributed by atoms with E-state index in [2.05, 4.69) is 10.6 Å². The fraction of sp³-hybridized carbons (Fsp3) is 0.526. The number of rotatable bonds is 14. The number of benzene rings is 1. The highest BCUT2D eigenvalue weighted by molar-refractivity contribution is 8.00. The number of ether oxygens (including phenoxy) is 1. The summed E-state index contributed by atoms with van der Waals surface area (Å²) in [4.78, 5) is 34.8. The Kier molecular flexibility index (Phi) is 11.8. The third-order valence-electron chi connectivity index (χ3n) is 3.56. The molecule has 27 heavy (non-hydrogen) atoms. The van der Waals surface area contributed by atoms with Gasteiger partial charge in [-0.05, 0) is 24.3 Å². The van der Waals surface area contributed by atoms with Gasteiger partial charge >= 0.3 is 5.97 Å². The molecular weight excluding hydrogens is 368 g/mol. The first-order valence-electron chi connectivity index (χ1n) is 9.08. The topological polar surface area (TPSA) is 105 Å². The first kappa shape index (κ1) is 22.8. The van der Waals surface area contributed by atoms with Crippen molar-refractivity contribution in [3.63, 3.8) is 0 Å². The van der Waals surface area contributed by atoms with Gasteiger partial charge in [0.05, 0.1) is 18.2 Å². The van der Waals surface area contributed by atoms with E-state index >= 15 is 0 Å². The number of carbonyl (C=O) groups excluding carboxylic acids is 2. The van der Waals surface area contributed by atoms with Gasteiger partial charge in [-0.15, -0.1) is 11.8 Å². The summed E-state index contributed by atoms with van der Waals surface area (Å²) in [5, 5.41) is 13.7. The Hall–Kier alpha value is -2.22. The van der Waals surface area contributed by atoms with Gasteiger partial charge in [-0.25, -0.2) is 0 Å². The molecule has 0 aromatic heterocycles. The average molecular weight is 397 g/mol. The number of hydrogen-bond donors (Lipinski definition) is 3. The maximum absolute atomic E-state index is 12.1. The SMILES string of the molecule is CCCCSC(CC(=O)O)C(=O)NCCC(=O)NCCOc1ccccc1. The van der Waals surface area contributed by atoms with Gasteiger partial charge in [-0.2, -0.15) is 0 Å². The largest absolute Gasteiger partial charge is 0.492 e. The molecule has 1 rings (SSSR count). The lowest BCUT2D eigenvalue weighted by atomic mass is 10.3. The molecule has 0 aliphatic carbocycles. The van der Waals surface area contributed by atoms with E-state index in [4.69, 9.17) is 9.84 Å². The first-order chi connectivity index (χ1) is 13.0. The number of amides is 2. The van der Waals surface area contributed by atoms with Crippen molar-refractivity contribution in [1.82, 2.24) is 10.6 Å². The molecule has 1 unspecified atom stereocenters. The Morgan fingerprint density at radius 2 is 1.89 bits per heavy atom. The van der Waals surface area contributed by atoms with Gasteiger partial charge in [-0.1, -0.05) is 31.5 Å². The van der Waals surface area contributed by atoms with Crippen LogP contribution in [0.5, 0.6) is 5.75 Å². The van der Waals surface area contributed by atoms with E-state index in [1.807, 2.05) is 37.3 Å². The van der Waals surface area contributed by atoms with E-state index in [9.17, 15) is 14.4 Å². The van der Waals surface area contributed by atoms with Crippen LogP contribution >= 0.6 is 11.8 Å². The monoisotopic (exact) mass is 396 g/mol. The highest BCUT2D eigenvalue weighted by atomic mass is 32.2. The second kappa shape index (κ2) is 13.9. The summed E-state index contributed by atoms with van der Waals surface area (Å²) in [7, 11) is 0. The summed E-state index contributed by atoms with van der Waals surface area (Å²) >= 11 is 1.35. The number of nitrogens with one attached hydrogen (secondary N) is 2. The number of carbonyl (C=O) groups is 3. The van der Waals surface area contributed by atoms with Crippen LogP contribution in [-0.2, 0) is 14.4 Å². The zero-order valence-corrected chi connectivity index (χ0v) is 16.4. The fourth-order valence-electron chi connectivity index (χ4n) is 2.13. The standard InChI is InChI=1S/C19H28N2O5S/c1-2-3-13-27-16(14-18(23)24)19(25)21-10-9-17(22)20-11-12-26-15-7-5-4-6-8-15/h4-8,16H,2-3,9-14H2,1H3,(H,20,22)(H,21,25)(H,23,24). The van der Waals surface area contributed by atoms with E-state index in [1.54, 1.807) is 0 Å². The van der Waals surface area contributed by atoms with Crippen molar-refractivity contribution < 1.29 is 24.2 Å². The summed E-state index contributed by atoms with van der Waals surface area (Å²) in [5.41, 5.74) is 0. The van der Waals surface area contributed by atoms with E-state index in [1.165, 1.54) is 11.8 Å². The van der Waals surface area contributed by atoms with Crippen LogP contribution in [0.4, 0.5) is 0 Å². The Balaban J connectivity index is 2.19. The van der Waals surface area contributed by atoms with Gasteiger partial charge in [0.15, 0.2) is 0 Å². The Morgan fingerprint density at radius 3 is 2.56 bits per heavy atom. The van der Waals surface area contributed by atoms with Gasteiger partial charge in [0.1, 0.15) is 12.4 Å². The Morgan fingerprint density at radius 1 is 1.15 bits per heavy atom. The molecule has 0 heterocycles. The molecule has 1 atom stereocenters. The smallest absolute Gasteiger partial charge is 0.305 e. The summed E-state index contributed by atoms with van der Waals surface area (Å²) in [5.74, 6) is -0.0532. The maximum atomic E-state index is 12.1. The zero-order valence-electron chi connectivity index (χ0n) is 15.6. The third-order valence-corrected chi connectivity index (χ3v) is 4.86. The van der Waals surface area contributed by atoms with E-state index in [-0.39, 0.29) is 31.2 Å². The predicted molar refractivity (Wildman–Crippen MR) is 106 cm³/mol. The second-order valence-corrected chi connectivity index (χ2v) is 7.17. The molecule has 0 fully saturated rings. The minimum atomic E-state index is -1.00. The van der Waals surface area contributed by atoms with Crippen LogP contribution in [0.15, 0.2) is 30.3 Å². The molecular formula is C19H28N2O5S. The fourth-order valence-corrected chi connectivity index (χ4v) is 3.37. The highest BCUT2D eigenvalue weighted by Gasteiger charge is 2.21. The Bertz CT molecular complexity index is 583. The lowest BCUT2D eigenvalue weighted by molar-refractivity contribution is -0.138. The highest BCUT2D eigenvalue weighted by Crippen LogP contribution is 2.17. The van der Waals surface area contributed by atoms with E-state index < -0.39 is 11.2 Å². The van der Waals surface area contributed by atoms with Gasteiger partial charge < -0.3 is 20.5 Å². The van der Waals surface area contributed by atoms with Crippen LogP contribution in [0.25, 0.3) is 0 Å². The second-order valence-electron chi connectivity index (χ2n) is 5.86. The molecule has 1 aromatic carbocycles. The maximum Gasteiger partial charge on any atom is 0.305 e. The number of carboxylic acids is 1. The number of aliphatic carboxylic acids is 1. The lowest BCUT2D eigenvalue weighted by Gasteiger charge is -2.14. The third kappa shape index (κ3) is 11.2. The molecule has 3 N–H and O–H groups in total. The van der Waals surface area contributed by atoms with Crippen LogP contribution in [0, 0.1) is 0 Å². The van der Waals surface area contributed by atoms with Crippen LogP contribution in [0.2, 0.25) is 0 Å². The molecule has 1 aromatic rings. The normalized spacial score (nSPS) is 11.4. The minimum absolute atomic E-state index is 0.135. The summed E-state index contributed by atoms with van der Waals surface area (Å²) in [6.07, 6.45) is 1.84. The summed E-state index contributed by atoms with van der Waals surface area (Å²) < 4.78 is 5.47. The van der Waals surface area contributed by atoms with Crippen LogP contribution in [0.1, 0.15) is 32.6 Å². The number of hydrogen-bond acceptors (Lipinski definition) is 5. The van der Waals surface area contributed by atoms with Gasteiger partial charge in [0.2, 0.25) is 11.8 Å². The molecule has 0 bridgehead atoms. The molecule has 0 aliphatic rings. The van der Waals surface area contributed by atoms with Gasteiger partial charge in [-0.3, -0.25) is 14.4 Å². The molecule has 2 amide bonds. The van der Waals surface area contributed by atoms with Crippen molar-refractivity contribution in [3.8, 4) is 5.75 Å². The molecule has 0 saturated carbocycles. The van der Waals surface area contributed by atoms with Crippen molar-refractivity contribution in [1.29, 1.82) is 0 Å². The summed E-state index contributed by atoms with van der Waals surface area (Å²) in [6, 6.07) is 9.31. The molecule has 8 heteroatoms. The van der Waals surface area contributed by atoms with Gasteiger partial charge in [0, 0.05) is 13.0 Å². The molecule has 150 valence electrons.